The van der Waals surface area contributed by atoms with Crippen LogP contribution < -0.4 is 0 Å². The maximum atomic E-state index is 11.8. The highest BCUT2D eigenvalue weighted by atomic mass is 16.3. The van der Waals surface area contributed by atoms with Crippen LogP contribution in [0.25, 0.3) is 0 Å². The molecule has 0 bridgehead atoms. The van der Waals surface area contributed by atoms with Gasteiger partial charge in [0.15, 0.2) is 0 Å². The molecule has 0 aromatic carbocycles. The van der Waals surface area contributed by atoms with Gasteiger partial charge in [-0.15, -0.1) is 0 Å². The van der Waals surface area contributed by atoms with E-state index in [9.17, 15) is 4.79 Å². The van der Waals surface area contributed by atoms with Gasteiger partial charge < -0.3 is 5.11 Å². The van der Waals surface area contributed by atoms with E-state index < -0.39 is 0 Å². The van der Waals surface area contributed by atoms with Gasteiger partial charge in [-0.05, 0) is 49.4 Å². The monoisotopic (exact) mass is 240 g/mol. The van der Waals surface area contributed by atoms with E-state index in [-0.39, 0.29) is 0 Å². The highest BCUT2D eigenvalue weighted by Gasteiger charge is 2.26. The van der Waals surface area contributed by atoms with Crippen molar-refractivity contribution in [1.29, 1.82) is 0 Å². The van der Waals surface area contributed by atoms with Crippen LogP contribution in [0.5, 0.6) is 0 Å². The molecule has 2 nitrogen and oxygen atoms in total. The minimum atomic E-state index is 0.341. The summed E-state index contributed by atoms with van der Waals surface area (Å²) in [4.78, 5) is 11.8. The summed E-state index contributed by atoms with van der Waals surface area (Å²) in [5.41, 5.74) is 0. The minimum Gasteiger partial charge on any atom is -0.396 e. The third kappa shape index (κ3) is 5.20. The molecule has 0 heterocycles. The van der Waals surface area contributed by atoms with Gasteiger partial charge in [0.05, 0.1) is 0 Å². The molecule has 0 aromatic heterocycles. The lowest BCUT2D eigenvalue weighted by Crippen LogP contribution is -2.23. The predicted molar refractivity (Wildman–Crippen MR) is 70.8 cm³/mol. The average molecular weight is 240 g/mol. The summed E-state index contributed by atoms with van der Waals surface area (Å²) < 4.78 is 0. The van der Waals surface area contributed by atoms with E-state index in [1.165, 1.54) is 12.8 Å². The minimum absolute atomic E-state index is 0.341. The number of carbonyl (C=O) groups excluding carboxylic acids is 1. The Hall–Kier alpha value is -0.370. The fraction of sp³-hybridized carbons (Fsp3) is 0.933. The van der Waals surface area contributed by atoms with E-state index in [1.54, 1.807) is 0 Å². The van der Waals surface area contributed by atoms with Gasteiger partial charge in [0.25, 0.3) is 0 Å². The first-order valence-corrected chi connectivity index (χ1v) is 7.15. The molecule has 2 heteroatoms. The highest BCUT2D eigenvalue weighted by molar-refractivity contribution is 5.78. The van der Waals surface area contributed by atoms with Crippen molar-refractivity contribution in [3.05, 3.63) is 0 Å². The zero-order valence-electron chi connectivity index (χ0n) is 11.6. The van der Waals surface area contributed by atoms with Crippen molar-refractivity contribution < 1.29 is 9.90 Å². The molecule has 17 heavy (non-hydrogen) atoms. The Morgan fingerprint density at radius 2 is 1.71 bits per heavy atom. The highest BCUT2D eigenvalue weighted by Crippen LogP contribution is 2.34. The van der Waals surface area contributed by atoms with Crippen LogP contribution in [-0.2, 0) is 4.79 Å². The summed E-state index contributed by atoms with van der Waals surface area (Å²) >= 11 is 0. The molecule has 1 rings (SSSR count). The van der Waals surface area contributed by atoms with Gasteiger partial charge in [0, 0.05) is 19.4 Å². The van der Waals surface area contributed by atoms with Gasteiger partial charge in [0.1, 0.15) is 5.78 Å². The number of aliphatic hydroxyl groups is 1. The number of Topliss-reactive ketones (excluding diaryl/α,β-unsaturated/α-hetero) is 1. The first kappa shape index (κ1) is 14.7. The van der Waals surface area contributed by atoms with Crippen molar-refractivity contribution in [2.24, 2.45) is 23.7 Å². The van der Waals surface area contributed by atoms with Crippen LogP contribution in [0.2, 0.25) is 0 Å². The Kier molecular flexibility index (Phi) is 6.18. The van der Waals surface area contributed by atoms with E-state index in [0.717, 1.165) is 25.7 Å². The van der Waals surface area contributed by atoms with Crippen LogP contribution in [0.1, 0.15) is 59.3 Å². The lowest BCUT2D eigenvalue weighted by molar-refractivity contribution is -0.121. The first-order chi connectivity index (χ1) is 8.02. The van der Waals surface area contributed by atoms with Crippen LogP contribution in [0.15, 0.2) is 0 Å². The third-order valence-electron chi connectivity index (χ3n) is 4.14. The largest absolute Gasteiger partial charge is 0.396 e. The molecule has 0 spiro atoms. The number of aliphatic hydroxyl groups excluding tert-OH is 1. The molecule has 0 saturated heterocycles. The van der Waals surface area contributed by atoms with Crippen molar-refractivity contribution in [3.8, 4) is 0 Å². The van der Waals surface area contributed by atoms with Crippen molar-refractivity contribution in [2.45, 2.75) is 59.3 Å². The van der Waals surface area contributed by atoms with Crippen molar-refractivity contribution >= 4 is 5.78 Å². The molecule has 1 fully saturated rings. The SMILES string of the molecule is CC(C)CC(=O)CC(C)C1CCC(CO)CC1. The maximum Gasteiger partial charge on any atom is 0.133 e. The van der Waals surface area contributed by atoms with E-state index in [1.807, 2.05) is 0 Å². The number of hydrogen-bond acceptors (Lipinski definition) is 2. The number of carbonyl (C=O) groups is 1. The molecule has 1 atom stereocenters. The topological polar surface area (TPSA) is 37.3 Å². The zero-order chi connectivity index (χ0) is 12.8. The van der Waals surface area contributed by atoms with Crippen molar-refractivity contribution in [1.82, 2.24) is 0 Å². The average Bonchev–Trinajstić information content (AvgIpc) is 2.28. The van der Waals surface area contributed by atoms with Crippen molar-refractivity contribution in [3.63, 3.8) is 0 Å². The fourth-order valence-electron chi connectivity index (χ4n) is 3.00. The van der Waals surface area contributed by atoms with Gasteiger partial charge >= 0.3 is 0 Å². The van der Waals surface area contributed by atoms with Crippen LogP contribution in [0.3, 0.4) is 0 Å². The van der Waals surface area contributed by atoms with Crippen molar-refractivity contribution in [2.75, 3.05) is 6.61 Å². The second-order valence-corrected chi connectivity index (χ2v) is 6.28. The van der Waals surface area contributed by atoms with Crippen LogP contribution in [-0.4, -0.2) is 17.5 Å². The van der Waals surface area contributed by atoms with Gasteiger partial charge in [-0.1, -0.05) is 20.8 Å². The van der Waals surface area contributed by atoms with E-state index in [0.29, 0.717) is 36.1 Å². The molecule has 100 valence electrons. The molecule has 0 radical (unpaired) electrons. The maximum absolute atomic E-state index is 11.8. The summed E-state index contributed by atoms with van der Waals surface area (Å²) in [6.07, 6.45) is 6.17. The molecule has 1 N–H and O–H groups in total. The summed E-state index contributed by atoms with van der Waals surface area (Å²) in [5, 5.41) is 9.11. The summed E-state index contributed by atoms with van der Waals surface area (Å²) in [6, 6.07) is 0. The Labute approximate surface area is 106 Å². The standard InChI is InChI=1S/C15H28O2/c1-11(2)8-15(17)9-12(3)14-6-4-13(10-16)5-7-14/h11-14,16H,4-10H2,1-3H3. The van der Waals surface area contributed by atoms with Crippen LogP contribution in [0.4, 0.5) is 0 Å². The molecule has 0 aliphatic heterocycles. The molecular weight excluding hydrogens is 212 g/mol. The molecule has 0 amide bonds. The van der Waals surface area contributed by atoms with E-state index in [2.05, 4.69) is 20.8 Å². The summed E-state index contributed by atoms with van der Waals surface area (Å²) in [5.74, 6) is 2.66. The quantitative estimate of drug-likeness (QED) is 0.772. The smallest absolute Gasteiger partial charge is 0.133 e. The van der Waals surface area contributed by atoms with Gasteiger partial charge in [-0.3, -0.25) is 4.79 Å². The first-order valence-electron chi connectivity index (χ1n) is 7.15. The lowest BCUT2D eigenvalue weighted by atomic mass is 9.75. The predicted octanol–water partition coefficient (Wildman–Crippen LogP) is 3.43. The Balaban J connectivity index is 2.28. The lowest BCUT2D eigenvalue weighted by Gasteiger charge is -2.31. The number of rotatable bonds is 6. The summed E-state index contributed by atoms with van der Waals surface area (Å²) in [6.45, 7) is 6.78. The van der Waals surface area contributed by atoms with Crippen LogP contribution in [0, 0.1) is 23.7 Å². The van der Waals surface area contributed by atoms with E-state index in [4.69, 9.17) is 5.11 Å². The fourth-order valence-corrected chi connectivity index (χ4v) is 3.00. The van der Waals surface area contributed by atoms with Gasteiger partial charge in [-0.2, -0.15) is 0 Å². The molecule has 1 saturated carbocycles. The summed E-state index contributed by atoms with van der Waals surface area (Å²) in [7, 11) is 0. The van der Waals surface area contributed by atoms with Crippen LogP contribution >= 0.6 is 0 Å². The molecule has 1 aliphatic rings. The number of hydrogen-bond donors (Lipinski definition) is 1. The number of ketones is 1. The Morgan fingerprint density at radius 3 is 2.18 bits per heavy atom. The van der Waals surface area contributed by atoms with Gasteiger partial charge in [-0.25, -0.2) is 0 Å². The normalized spacial score (nSPS) is 27.1. The molecular formula is C15H28O2. The Bertz CT molecular complexity index is 227. The third-order valence-corrected chi connectivity index (χ3v) is 4.14. The second-order valence-electron chi connectivity index (χ2n) is 6.28. The molecule has 1 aliphatic carbocycles. The van der Waals surface area contributed by atoms with E-state index >= 15 is 0 Å². The Morgan fingerprint density at radius 1 is 1.12 bits per heavy atom. The van der Waals surface area contributed by atoms with Gasteiger partial charge in [0.2, 0.25) is 0 Å². The second kappa shape index (κ2) is 7.15. The molecule has 1 unspecified atom stereocenters. The zero-order valence-corrected chi connectivity index (χ0v) is 11.6. The molecule has 0 aromatic rings.